The fourth-order valence-corrected chi connectivity index (χ4v) is 10.1. The van der Waals surface area contributed by atoms with E-state index in [4.69, 9.17) is 9.15 Å². The average Bonchev–Trinajstić information content (AvgIpc) is 3.58. The number of nitrogens with one attached hydrogen (secondary N) is 2. The lowest BCUT2D eigenvalue weighted by molar-refractivity contribution is -0.993. The number of piperidine rings is 1. The SMILES string of the molecule is Cc1ncoc1COc1ccc2c(c1)CCN(C[C@@H](O)CNC(=O)C1CC(NC3CCC3)[N+]3(CCCCCCCCC3)C(N3CCN(C(C)C)CC3)C1)C2. The molecule has 4 fully saturated rings. The second-order valence-corrected chi connectivity index (χ2v) is 17.6. The maximum atomic E-state index is 14.2. The van der Waals surface area contributed by atoms with Crippen molar-refractivity contribution in [2.24, 2.45) is 5.92 Å². The number of carbonyl (C=O) groups is 1. The summed E-state index contributed by atoms with van der Waals surface area (Å²) >= 11 is 0. The van der Waals surface area contributed by atoms with Crippen LogP contribution in [-0.4, -0.2) is 125 Å². The van der Waals surface area contributed by atoms with Gasteiger partial charge >= 0.3 is 0 Å². The van der Waals surface area contributed by atoms with Gasteiger partial charge < -0.3 is 19.6 Å². The normalized spacial score (nSPS) is 26.9. The number of rotatable bonds is 12. The molecule has 5 aliphatic rings. The van der Waals surface area contributed by atoms with Gasteiger partial charge in [-0.25, -0.2) is 4.98 Å². The number of carbonyl (C=O) groups excluding carboxylic acids is 1. The Hall–Kier alpha value is -2.54. The van der Waals surface area contributed by atoms with Gasteiger partial charge in [0, 0.05) is 77.3 Å². The van der Waals surface area contributed by atoms with Gasteiger partial charge in [-0.15, -0.1) is 0 Å². The van der Waals surface area contributed by atoms with Crippen molar-refractivity contribution >= 4 is 5.91 Å². The molecular weight excluding hydrogens is 679 g/mol. The molecule has 1 amide bonds. The molecule has 1 aromatic carbocycles. The predicted molar refractivity (Wildman–Crippen MR) is 212 cm³/mol. The highest BCUT2D eigenvalue weighted by atomic mass is 16.5. The van der Waals surface area contributed by atoms with Gasteiger partial charge in [-0.3, -0.25) is 29.3 Å². The van der Waals surface area contributed by atoms with Gasteiger partial charge in [0.1, 0.15) is 24.7 Å². The Balaban J connectivity index is 0.978. The highest BCUT2D eigenvalue weighted by Crippen LogP contribution is 2.40. The molecule has 2 aromatic rings. The minimum absolute atomic E-state index is 0.0479. The van der Waals surface area contributed by atoms with Gasteiger partial charge in [0.15, 0.2) is 12.2 Å². The van der Waals surface area contributed by atoms with Gasteiger partial charge in [0.05, 0.1) is 30.8 Å². The van der Waals surface area contributed by atoms with E-state index in [-0.39, 0.29) is 11.8 Å². The zero-order valence-corrected chi connectivity index (χ0v) is 33.7. The van der Waals surface area contributed by atoms with Crippen molar-refractivity contribution in [3.63, 3.8) is 0 Å². The lowest BCUT2D eigenvalue weighted by Crippen LogP contribution is -2.76. The first-order valence-electron chi connectivity index (χ1n) is 21.7. The zero-order chi connectivity index (χ0) is 37.5. The molecule has 7 rings (SSSR count). The van der Waals surface area contributed by atoms with Gasteiger partial charge in [-0.1, -0.05) is 31.7 Å². The molecule has 3 saturated heterocycles. The molecule has 0 bridgehead atoms. The van der Waals surface area contributed by atoms with Crippen LogP contribution in [0.1, 0.15) is 113 Å². The summed E-state index contributed by atoms with van der Waals surface area (Å²) < 4.78 is 12.6. The van der Waals surface area contributed by atoms with Crippen LogP contribution in [0.4, 0.5) is 0 Å². The molecule has 54 heavy (non-hydrogen) atoms. The number of quaternary nitrogens is 1. The Morgan fingerprint density at radius 2 is 1.72 bits per heavy atom. The third kappa shape index (κ3) is 9.69. The third-order valence-corrected chi connectivity index (χ3v) is 13.7. The van der Waals surface area contributed by atoms with Crippen molar-refractivity contribution in [2.75, 3.05) is 58.9 Å². The van der Waals surface area contributed by atoms with Crippen LogP contribution in [0, 0.1) is 12.8 Å². The number of aliphatic hydroxyl groups excluding tert-OH is 1. The fraction of sp³-hybridized carbons (Fsp3) is 0.767. The summed E-state index contributed by atoms with van der Waals surface area (Å²) in [5.74, 6) is 1.67. The number of nitrogens with zero attached hydrogens (tertiary/aromatic N) is 5. The molecular formula is C43H70N7O4+. The summed E-state index contributed by atoms with van der Waals surface area (Å²) in [4.78, 5) is 26.1. The van der Waals surface area contributed by atoms with Crippen molar-refractivity contribution in [3.05, 3.63) is 47.2 Å². The van der Waals surface area contributed by atoms with E-state index in [0.29, 0.717) is 44.1 Å². The monoisotopic (exact) mass is 749 g/mol. The van der Waals surface area contributed by atoms with Crippen LogP contribution in [0.25, 0.3) is 0 Å². The van der Waals surface area contributed by atoms with Crippen LogP contribution in [0.3, 0.4) is 0 Å². The number of oxazole rings is 1. The highest BCUT2D eigenvalue weighted by molar-refractivity contribution is 5.78. The average molecular weight is 749 g/mol. The van der Waals surface area contributed by atoms with Crippen LogP contribution in [-0.2, 0) is 24.4 Å². The number of fused-ring (bicyclic) bond motifs is 1. The van der Waals surface area contributed by atoms with Crippen molar-refractivity contribution in [3.8, 4) is 5.75 Å². The summed E-state index contributed by atoms with van der Waals surface area (Å²) in [7, 11) is 0. The Labute approximate surface area is 324 Å². The maximum Gasteiger partial charge on any atom is 0.223 e. The zero-order valence-electron chi connectivity index (χ0n) is 33.7. The largest absolute Gasteiger partial charge is 0.486 e. The maximum absolute atomic E-state index is 14.2. The number of ether oxygens (including phenoxy) is 1. The molecule has 0 radical (unpaired) electrons. The molecule has 11 heteroatoms. The van der Waals surface area contributed by atoms with Crippen molar-refractivity contribution in [1.82, 2.24) is 30.3 Å². The topological polar surface area (TPSA) is 106 Å². The van der Waals surface area contributed by atoms with E-state index in [1.807, 2.05) is 13.0 Å². The van der Waals surface area contributed by atoms with E-state index in [2.05, 4.69) is 56.3 Å². The summed E-state index contributed by atoms with van der Waals surface area (Å²) in [6, 6.07) is 7.44. The van der Waals surface area contributed by atoms with E-state index in [0.717, 1.165) is 80.2 Å². The van der Waals surface area contributed by atoms with Gasteiger partial charge in [0.25, 0.3) is 0 Å². The van der Waals surface area contributed by atoms with E-state index < -0.39 is 6.10 Å². The van der Waals surface area contributed by atoms with Crippen molar-refractivity contribution in [2.45, 2.75) is 148 Å². The number of piperazine rings is 1. The second kappa shape index (κ2) is 18.6. The fourth-order valence-electron chi connectivity index (χ4n) is 10.1. The Morgan fingerprint density at radius 3 is 2.39 bits per heavy atom. The molecule has 4 aliphatic heterocycles. The predicted octanol–water partition coefficient (Wildman–Crippen LogP) is 5.19. The van der Waals surface area contributed by atoms with Gasteiger partial charge in [-0.05, 0) is 89.0 Å². The number of benzene rings is 1. The molecule has 5 heterocycles. The molecule has 1 spiro atoms. The van der Waals surface area contributed by atoms with Gasteiger partial charge in [-0.2, -0.15) is 0 Å². The number of aliphatic hydroxyl groups is 1. The van der Waals surface area contributed by atoms with Crippen LogP contribution in [0.15, 0.2) is 29.0 Å². The summed E-state index contributed by atoms with van der Waals surface area (Å²) in [5, 5.41) is 18.7. The Morgan fingerprint density at radius 1 is 0.981 bits per heavy atom. The quantitative estimate of drug-likeness (QED) is 0.253. The van der Waals surface area contributed by atoms with Crippen LogP contribution >= 0.6 is 0 Å². The molecule has 4 atom stereocenters. The molecule has 300 valence electrons. The highest BCUT2D eigenvalue weighted by Gasteiger charge is 2.53. The molecule has 1 aromatic heterocycles. The summed E-state index contributed by atoms with van der Waals surface area (Å²) in [6.07, 6.45) is 17.4. The van der Waals surface area contributed by atoms with E-state index >= 15 is 0 Å². The summed E-state index contributed by atoms with van der Waals surface area (Å²) in [5.41, 5.74) is 3.40. The molecule has 1 aliphatic carbocycles. The van der Waals surface area contributed by atoms with Crippen LogP contribution in [0.5, 0.6) is 5.75 Å². The standard InChI is InChI=1S/C43H69N7O4/c1-32(2)48-18-20-49(21-19-48)42-26-36(25-41(46-37-12-11-13-37)50(42)22-9-7-5-4-6-8-10-23-50)43(52)44-27-38(51)29-47-17-16-34-24-39(15-14-35(34)28-47)53-30-40-33(3)45-31-54-40/h14-15,24,31-32,36-38,41-42,46,51H,4-13,16-23,25-30H2,1-3H3/p+1/t36?,38-,41?,42?/m0/s1. The summed E-state index contributed by atoms with van der Waals surface area (Å²) in [6.45, 7) is 16.3. The smallest absolute Gasteiger partial charge is 0.223 e. The van der Waals surface area contributed by atoms with Gasteiger partial charge in [0.2, 0.25) is 5.91 Å². The minimum atomic E-state index is -0.615. The first kappa shape index (κ1) is 39.7. The van der Waals surface area contributed by atoms with E-state index in [1.54, 1.807) is 0 Å². The Kier molecular flexibility index (Phi) is 13.7. The lowest BCUT2D eigenvalue weighted by Gasteiger charge is -2.59. The molecule has 11 nitrogen and oxygen atoms in total. The number of aryl methyl sites for hydroxylation is 1. The number of hydrogen-bond donors (Lipinski definition) is 3. The third-order valence-electron chi connectivity index (χ3n) is 13.7. The van der Waals surface area contributed by atoms with Crippen LogP contribution < -0.4 is 15.4 Å². The van der Waals surface area contributed by atoms with E-state index in [9.17, 15) is 9.90 Å². The minimum Gasteiger partial charge on any atom is -0.486 e. The number of β-amino-alcohol motifs (C(OH)–C–C–N with tert-alkyl or cyclic N) is 1. The molecule has 3 N–H and O–H groups in total. The number of amides is 1. The molecule has 3 unspecified atom stereocenters. The number of hydrogen-bond acceptors (Lipinski definition) is 9. The first-order chi connectivity index (χ1) is 26.3. The van der Waals surface area contributed by atoms with Crippen molar-refractivity contribution < 1.29 is 23.5 Å². The number of aromatic nitrogens is 1. The second-order valence-electron chi connectivity index (χ2n) is 17.6. The molecule has 1 saturated carbocycles. The van der Waals surface area contributed by atoms with E-state index in [1.165, 1.54) is 94.8 Å². The van der Waals surface area contributed by atoms with Crippen LogP contribution in [0.2, 0.25) is 0 Å². The Bertz CT molecular complexity index is 1480. The van der Waals surface area contributed by atoms with Crippen molar-refractivity contribution in [1.29, 1.82) is 0 Å². The lowest BCUT2D eigenvalue weighted by atomic mass is 9.84. The first-order valence-corrected chi connectivity index (χ1v) is 21.7.